The van der Waals surface area contributed by atoms with E-state index in [-0.39, 0.29) is 5.97 Å². The molecule has 5 nitrogen and oxygen atoms in total. The number of methoxy groups -OCH3 is 1. The Morgan fingerprint density at radius 2 is 1.95 bits per heavy atom. The zero-order valence-corrected chi connectivity index (χ0v) is 13.1. The highest BCUT2D eigenvalue weighted by Gasteiger charge is 2.39. The Bertz CT molecular complexity index is 281. The van der Waals surface area contributed by atoms with E-state index in [9.17, 15) is 4.79 Å². The van der Waals surface area contributed by atoms with Crippen LogP contribution in [0.25, 0.3) is 0 Å². The summed E-state index contributed by atoms with van der Waals surface area (Å²) >= 11 is 0. The first-order valence-electron chi connectivity index (χ1n) is 7.64. The van der Waals surface area contributed by atoms with Crippen LogP contribution in [-0.4, -0.2) is 51.1 Å². The van der Waals surface area contributed by atoms with Crippen molar-refractivity contribution in [3.63, 3.8) is 0 Å². The number of carbonyl (C=O) groups is 1. The fourth-order valence-electron chi connectivity index (χ4n) is 2.14. The van der Waals surface area contributed by atoms with Crippen LogP contribution in [0.15, 0.2) is 0 Å². The summed E-state index contributed by atoms with van der Waals surface area (Å²) < 4.78 is 15.7. The highest BCUT2D eigenvalue weighted by molar-refractivity contribution is 5.80. The molecule has 1 fully saturated rings. The van der Waals surface area contributed by atoms with Crippen LogP contribution in [0.1, 0.15) is 46.0 Å². The molecule has 0 amide bonds. The van der Waals surface area contributed by atoms with Crippen molar-refractivity contribution in [3.05, 3.63) is 0 Å². The van der Waals surface area contributed by atoms with E-state index in [1.165, 1.54) is 0 Å². The van der Waals surface area contributed by atoms with Crippen LogP contribution in [0.2, 0.25) is 0 Å². The molecule has 118 valence electrons. The van der Waals surface area contributed by atoms with Crippen molar-refractivity contribution in [1.82, 2.24) is 5.32 Å². The van der Waals surface area contributed by atoms with Crippen molar-refractivity contribution in [2.75, 3.05) is 33.5 Å². The third-order valence-electron chi connectivity index (χ3n) is 3.43. The molecule has 20 heavy (non-hydrogen) atoms. The normalized spacial score (nSPS) is 17.8. The number of carbonyl (C=O) groups excluding carboxylic acids is 1. The molecule has 1 rings (SSSR count). The highest BCUT2D eigenvalue weighted by atomic mass is 16.5. The molecule has 1 saturated carbocycles. The van der Waals surface area contributed by atoms with E-state index >= 15 is 0 Å². The van der Waals surface area contributed by atoms with Crippen molar-refractivity contribution in [2.45, 2.75) is 57.5 Å². The minimum atomic E-state index is -0.576. The standard InChI is InChI=1S/C15H29NO4/c1-4-20-14(17)15(2,16-13-7-8-13)9-5-11-19-12-6-10-18-3/h13,16H,4-12H2,1-3H3. The predicted molar refractivity (Wildman–Crippen MR) is 77.7 cm³/mol. The van der Waals surface area contributed by atoms with Gasteiger partial charge in [0, 0.05) is 33.0 Å². The van der Waals surface area contributed by atoms with Gasteiger partial charge >= 0.3 is 5.97 Å². The summed E-state index contributed by atoms with van der Waals surface area (Å²) in [5.74, 6) is -0.147. The van der Waals surface area contributed by atoms with Crippen LogP contribution in [0.5, 0.6) is 0 Å². The first kappa shape index (κ1) is 17.4. The zero-order chi connectivity index (χ0) is 14.8. The second kappa shape index (κ2) is 9.32. The maximum absolute atomic E-state index is 12.1. The molecule has 1 aliphatic carbocycles. The monoisotopic (exact) mass is 287 g/mol. The third kappa shape index (κ3) is 6.68. The first-order valence-corrected chi connectivity index (χ1v) is 7.64. The second-order valence-corrected chi connectivity index (χ2v) is 5.53. The molecule has 0 aromatic rings. The fourth-order valence-corrected chi connectivity index (χ4v) is 2.14. The van der Waals surface area contributed by atoms with Crippen molar-refractivity contribution in [2.24, 2.45) is 0 Å². The lowest BCUT2D eigenvalue weighted by Crippen LogP contribution is -2.51. The molecule has 5 heteroatoms. The van der Waals surface area contributed by atoms with Crippen molar-refractivity contribution >= 4 is 5.97 Å². The molecule has 1 atom stereocenters. The Labute approximate surface area is 122 Å². The molecule has 0 saturated heterocycles. The van der Waals surface area contributed by atoms with Gasteiger partial charge in [-0.15, -0.1) is 0 Å². The smallest absolute Gasteiger partial charge is 0.326 e. The minimum absolute atomic E-state index is 0.147. The molecular weight excluding hydrogens is 258 g/mol. The summed E-state index contributed by atoms with van der Waals surface area (Å²) in [5, 5.41) is 3.41. The van der Waals surface area contributed by atoms with Crippen molar-refractivity contribution in [3.8, 4) is 0 Å². The molecular formula is C15H29NO4. The van der Waals surface area contributed by atoms with Gasteiger partial charge in [0.15, 0.2) is 0 Å². The molecule has 1 aliphatic rings. The number of esters is 1. The molecule has 1 N–H and O–H groups in total. The average molecular weight is 287 g/mol. The van der Waals surface area contributed by atoms with Crippen LogP contribution in [0.4, 0.5) is 0 Å². The largest absolute Gasteiger partial charge is 0.465 e. The minimum Gasteiger partial charge on any atom is -0.465 e. The molecule has 0 radical (unpaired) electrons. The summed E-state index contributed by atoms with van der Waals surface area (Å²) in [6, 6.07) is 0.479. The Kier molecular flexibility index (Phi) is 8.11. The number of hydrogen-bond acceptors (Lipinski definition) is 5. The summed E-state index contributed by atoms with van der Waals surface area (Å²) in [6.07, 6.45) is 4.81. The summed E-state index contributed by atoms with van der Waals surface area (Å²) in [7, 11) is 1.69. The van der Waals surface area contributed by atoms with Gasteiger partial charge in [0.25, 0.3) is 0 Å². The number of hydrogen-bond donors (Lipinski definition) is 1. The lowest BCUT2D eigenvalue weighted by Gasteiger charge is -2.28. The van der Waals surface area contributed by atoms with Crippen LogP contribution < -0.4 is 5.32 Å². The summed E-state index contributed by atoms with van der Waals surface area (Å²) in [5.41, 5.74) is -0.576. The average Bonchev–Trinajstić information content (AvgIpc) is 3.22. The predicted octanol–water partition coefficient (Wildman–Crippen LogP) is 1.89. The number of nitrogens with one attached hydrogen (secondary N) is 1. The SMILES string of the molecule is CCOC(=O)C(C)(CCCOCCCOC)NC1CC1. The lowest BCUT2D eigenvalue weighted by atomic mass is 9.95. The van der Waals surface area contributed by atoms with E-state index in [0.29, 0.717) is 25.9 Å². The van der Waals surface area contributed by atoms with Crippen LogP contribution >= 0.6 is 0 Å². The van der Waals surface area contributed by atoms with Gasteiger partial charge < -0.3 is 14.2 Å². The molecule has 0 aromatic heterocycles. The number of ether oxygens (including phenoxy) is 3. The van der Waals surface area contributed by atoms with Gasteiger partial charge in [-0.2, -0.15) is 0 Å². The summed E-state index contributed by atoms with van der Waals surface area (Å²) in [4.78, 5) is 12.1. The van der Waals surface area contributed by atoms with Crippen LogP contribution in [0, 0.1) is 0 Å². The van der Waals surface area contributed by atoms with Crippen LogP contribution in [-0.2, 0) is 19.0 Å². The van der Waals surface area contributed by atoms with E-state index in [4.69, 9.17) is 14.2 Å². The van der Waals surface area contributed by atoms with E-state index in [1.807, 2.05) is 13.8 Å². The van der Waals surface area contributed by atoms with Gasteiger partial charge in [-0.3, -0.25) is 10.1 Å². The van der Waals surface area contributed by atoms with Crippen molar-refractivity contribution < 1.29 is 19.0 Å². The molecule has 0 aliphatic heterocycles. The van der Waals surface area contributed by atoms with Gasteiger partial charge in [-0.25, -0.2) is 0 Å². The zero-order valence-electron chi connectivity index (χ0n) is 13.1. The Morgan fingerprint density at radius 3 is 2.55 bits per heavy atom. The van der Waals surface area contributed by atoms with Gasteiger partial charge in [0.05, 0.1) is 6.61 Å². The Hall–Kier alpha value is -0.650. The van der Waals surface area contributed by atoms with Crippen LogP contribution in [0.3, 0.4) is 0 Å². The maximum Gasteiger partial charge on any atom is 0.326 e. The maximum atomic E-state index is 12.1. The first-order chi connectivity index (χ1) is 9.62. The molecule has 0 heterocycles. The van der Waals surface area contributed by atoms with E-state index in [2.05, 4.69) is 5.32 Å². The van der Waals surface area contributed by atoms with Gasteiger partial charge in [0.2, 0.25) is 0 Å². The second-order valence-electron chi connectivity index (χ2n) is 5.53. The molecule has 1 unspecified atom stereocenters. The molecule has 0 bridgehead atoms. The lowest BCUT2D eigenvalue weighted by molar-refractivity contribution is -0.151. The van der Waals surface area contributed by atoms with E-state index < -0.39 is 5.54 Å². The quantitative estimate of drug-likeness (QED) is 0.439. The number of rotatable bonds is 12. The highest BCUT2D eigenvalue weighted by Crippen LogP contribution is 2.25. The molecule has 0 aromatic carbocycles. The Morgan fingerprint density at radius 1 is 1.25 bits per heavy atom. The fraction of sp³-hybridized carbons (Fsp3) is 0.933. The van der Waals surface area contributed by atoms with Crippen molar-refractivity contribution in [1.29, 1.82) is 0 Å². The topological polar surface area (TPSA) is 56.8 Å². The van der Waals surface area contributed by atoms with E-state index in [1.54, 1.807) is 7.11 Å². The molecule has 0 spiro atoms. The van der Waals surface area contributed by atoms with E-state index in [0.717, 1.165) is 38.7 Å². The summed E-state index contributed by atoms with van der Waals surface area (Å²) in [6.45, 7) is 6.31. The van der Waals surface area contributed by atoms with Gasteiger partial charge in [-0.1, -0.05) is 0 Å². The third-order valence-corrected chi connectivity index (χ3v) is 3.43. The van der Waals surface area contributed by atoms with Gasteiger partial charge in [-0.05, 0) is 46.0 Å². The van der Waals surface area contributed by atoms with Gasteiger partial charge in [0.1, 0.15) is 5.54 Å². The Balaban J connectivity index is 2.23.